The molecule has 2 nitrogen and oxygen atoms in total. The van der Waals surface area contributed by atoms with Gasteiger partial charge in [0, 0.05) is 25.0 Å². The Balaban J connectivity index is 1.75. The van der Waals surface area contributed by atoms with E-state index in [0.717, 1.165) is 24.9 Å². The van der Waals surface area contributed by atoms with Gasteiger partial charge in [-0.15, -0.1) is 0 Å². The lowest BCUT2D eigenvalue weighted by Crippen LogP contribution is -2.24. The lowest BCUT2D eigenvalue weighted by molar-refractivity contribution is 0.389. The van der Waals surface area contributed by atoms with Crippen LogP contribution in [0.3, 0.4) is 0 Å². The van der Waals surface area contributed by atoms with Gasteiger partial charge in [-0.25, -0.2) is 0 Å². The molecule has 1 aromatic rings. The smallest absolute Gasteiger partial charge is 0.0359 e. The number of hydrogen-bond donors (Lipinski definition) is 1. The van der Waals surface area contributed by atoms with E-state index in [-0.39, 0.29) is 0 Å². The van der Waals surface area contributed by atoms with Gasteiger partial charge in [0.1, 0.15) is 0 Å². The molecule has 0 spiro atoms. The van der Waals surface area contributed by atoms with Crippen LogP contribution in [-0.2, 0) is 13.1 Å². The molecule has 1 saturated carbocycles. The van der Waals surface area contributed by atoms with Crippen LogP contribution < -0.4 is 5.32 Å². The molecule has 2 unspecified atom stereocenters. The average molecular weight is 220 g/mol. The fourth-order valence-electron chi connectivity index (χ4n) is 2.83. The van der Waals surface area contributed by atoms with Crippen molar-refractivity contribution in [3.63, 3.8) is 0 Å². The summed E-state index contributed by atoms with van der Waals surface area (Å²) in [7, 11) is 0. The zero-order valence-electron chi connectivity index (χ0n) is 10.6. The van der Waals surface area contributed by atoms with Crippen molar-refractivity contribution in [1.82, 2.24) is 9.88 Å². The molecule has 90 valence electrons. The Morgan fingerprint density at radius 2 is 2.31 bits per heavy atom. The van der Waals surface area contributed by atoms with E-state index in [2.05, 4.69) is 42.1 Å². The predicted molar refractivity (Wildman–Crippen MR) is 68.3 cm³/mol. The van der Waals surface area contributed by atoms with Gasteiger partial charge in [0.05, 0.1) is 0 Å². The predicted octanol–water partition coefficient (Wildman–Crippen LogP) is 3.03. The summed E-state index contributed by atoms with van der Waals surface area (Å²) in [6.45, 7) is 7.88. The lowest BCUT2D eigenvalue weighted by Gasteiger charge is -2.16. The molecule has 1 heterocycles. The molecule has 0 aliphatic heterocycles. The number of aromatic nitrogens is 1. The minimum absolute atomic E-state index is 0.907. The van der Waals surface area contributed by atoms with E-state index in [9.17, 15) is 0 Å². The highest BCUT2D eigenvalue weighted by atomic mass is 15.0. The van der Waals surface area contributed by atoms with Crippen LogP contribution in [0.15, 0.2) is 18.3 Å². The van der Waals surface area contributed by atoms with Gasteiger partial charge in [0.2, 0.25) is 0 Å². The largest absolute Gasteiger partial charge is 0.351 e. The van der Waals surface area contributed by atoms with Crippen molar-refractivity contribution in [1.29, 1.82) is 0 Å². The van der Waals surface area contributed by atoms with E-state index < -0.39 is 0 Å². The van der Waals surface area contributed by atoms with Gasteiger partial charge >= 0.3 is 0 Å². The number of rotatable bonds is 5. The topological polar surface area (TPSA) is 17.0 Å². The molecule has 0 radical (unpaired) electrons. The molecule has 0 amide bonds. The zero-order valence-corrected chi connectivity index (χ0v) is 10.6. The Morgan fingerprint density at radius 1 is 1.44 bits per heavy atom. The summed E-state index contributed by atoms with van der Waals surface area (Å²) in [5.41, 5.74) is 1.41. The molecule has 1 fully saturated rings. The Morgan fingerprint density at radius 3 is 3.00 bits per heavy atom. The molecule has 2 atom stereocenters. The van der Waals surface area contributed by atoms with Gasteiger partial charge in [-0.3, -0.25) is 0 Å². The molecule has 1 aliphatic rings. The first-order valence-corrected chi connectivity index (χ1v) is 6.66. The standard InChI is InChI=1S/C14H24N2/c1-3-16-9-5-8-14(16)11-15-10-13-7-4-6-12(13)2/h5,8-9,12-13,15H,3-4,6-7,10-11H2,1-2H3. The third-order valence-electron chi connectivity index (χ3n) is 4.02. The number of aryl methyl sites for hydroxylation is 1. The van der Waals surface area contributed by atoms with Crippen molar-refractivity contribution in [2.75, 3.05) is 6.54 Å². The Bertz CT molecular complexity index is 316. The molecule has 1 aromatic heterocycles. The highest BCUT2D eigenvalue weighted by Crippen LogP contribution is 2.30. The molecule has 2 rings (SSSR count). The highest BCUT2D eigenvalue weighted by Gasteiger charge is 2.22. The minimum Gasteiger partial charge on any atom is -0.351 e. The van der Waals surface area contributed by atoms with Gasteiger partial charge in [-0.1, -0.05) is 19.8 Å². The number of hydrogen-bond acceptors (Lipinski definition) is 1. The van der Waals surface area contributed by atoms with Crippen molar-refractivity contribution < 1.29 is 0 Å². The van der Waals surface area contributed by atoms with Crippen LogP contribution in [0.25, 0.3) is 0 Å². The second-order valence-electron chi connectivity index (χ2n) is 5.08. The molecular weight excluding hydrogens is 196 g/mol. The molecule has 0 aromatic carbocycles. The third-order valence-corrected chi connectivity index (χ3v) is 4.02. The summed E-state index contributed by atoms with van der Waals surface area (Å²) >= 11 is 0. The molecule has 16 heavy (non-hydrogen) atoms. The highest BCUT2D eigenvalue weighted by molar-refractivity contribution is 5.06. The van der Waals surface area contributed by atoms with Crippen LogP contribution in [0.2, 0.25) is 0 Å². The summed E-state index contributed by atoms with van der Waals surface area (Å²) in [6.07, 6.45) is 6.44. The number of nitrogens with zero attached hydrogens (tertiary/aromatic N) is 1. The second-order valence-corrected chi connectivity index (χ2v) is 5.08. The Labute approximate surface area is 99.0 Å². The summed E-state index contributed by atoms with van der Waals surface area (Å²) in [5.74, 6) is 1.83. The number of nitrogens with one attached hydrogen (secondary N) is 1. The van der Waals surface area contributed by atoms with Crippen molar-refractivity contribution in [2.45, 2.75) is 46.2 Å². The monoisotopic (exact) mass is 220 g/mol. The molecule has 0 bridgehead atoms. The summed E-state index contributed by atoms with van der Waals surface area (Å²) in [6, 6.07) is 4.35. The van der Waals surface area contributed by atoms with Gasteiger partial charge < -0.3 is 9.88 Å². The van der Waals surface area contributed by atoms with Crippen molar-refractivity contribution in [2.24, 2.45) is 11.8 Å². The maximum Gasteiger partial charge on any atom is 0.0359 e. The molecule has 0 saturated heterocycles. The first-order chi connectivity index (χ1) is 7.81. The second kappa shape index (κ2) is 5.53. The van der Waals surface area contributed by atoms with Crippen LogP contribution in [0, 0.1) is 11.8 Å². The average Bonchev–Trinajstić information content (AvgIpc) is 2.88. The molecule has 1 aliphatic carbocycles. The summed E-state index contributed by atoms with van der Waals surface area (Å²) in [5, 5.41) is 3.61. The van der Waals surface area contributed by atoms with E-state index in [4.69, 9.17) is 0 Å². The first-order valence-electron chi connectivity index (χ1n) is 6.66. The van der Waals surface area contributed by atoms with E-state index in [0.29, 0.717) is 0 Å². The third kappa shape index (κ3) is 2.67. The van der Waals surface area contributed by atoms with Gasteiger partial charge in [-0.05, 0) is 43.9 Å². The Kier molecular flexibility index (Phi) is 4.05. The first kappa shape index (κ1) is 11.7. The van der Waals surface area contributed by atoms with Gasteiger partial charge in [0.25, 0.3) is 0 Å². The fraction of sp³-hybridized carbons (Fsp3) is 0.714. The van der Waals surface area contributed by atoms with Crippen molar-refractivity contribution >= 4 is 0 Å². The fourth-order valence-corrected chi connectivity index (χ4v) is 2.83. The maximum atomic E-state index is 3.61. The van der Waals surface area contributed by atoms with Crippen LogP contribution in [0.4, 0.5) is 0 Å². The van der Waals surface area contributed by atoms with Crippen molar-refractivity contribution in [3.8, 4) is 0 Å². The van der Waals surface area contributed by atoms with Crippen LogP contribution in [-0.4, -0.2) is 11.1 Å². The SMILES string of the molecule is CCn1cccc1CNCC1CCCC1C. The van der Waals surface area contributed by atoms with Crippen LogP contribution in [0.1, 0.15) is 38.8 Å². The Hall–Kier alpha value is -0.760. The van der Waals surface area contributed by atoms with Crippen molar-refractivity contribution in [3.05, 3.63) is 24.0 Å². The van der Waals surface area contributed by atoms with E-state index >= 15 is 0 Å². The minimum atomic E-state index is 0.907. The normalized spacial score (nSPS) is 25.1. The van der Waals surface area contributed by atoms with E-state index in [1.165, 1.54) is 31.5 Å². The summed E-state index contributed by atoms with van der Waals surface area (Å²) in [4.78, 5) is 0. The molecular formula is C14H24N2. The van der Waals surface area contributed by atoms with Crippen LogP contribution in [0.5, 0.6) is 0 Å². The molecule has 1 N–H and O–H groups in total. The van der Waals surface area contributed by atoms with Gasteiger partial charge in [-0.2, -0.15) is 0 Å². The molecule has 2 heteroatoms. The van der Waals surface area contributed by atoms with E-state index in [1.54, 1.807) is 0 Å². The summed E-state index contributed by atoms with van der Waals surface area (Å²) < 4.78 is 2.31. The quantitative estimate of drug-likeness (QED) is 0.807. The zero-order chi connectivity index (χ0) is 11.4. The lowest BCUT2D eigenvalue weighted by atomic mass is 9.98. The van der Waals surface area contributed by atoms with Gasteiger partial charge in [0.15, 0.2) is 0 Å². The maximum absolute atomic E-state index is 3.61. The van der Waals surface area contributed by atoms with Crippen LogP contribution >= 0.6 is 0 Å². The van der Waals surface area contributed by atoms with E-state index in [1.807, 2.05) is 0 Å².